The SMILES string of the molecule is COCCCNC(=O)/C(C#N)=C/c1ccc(O)c(O)c1. The molecule has 0 aliphatic carbocycles. The van der Waals surface area contributed by atoms with Gasteiger partial charge in [-0.15, -0.1) is 0 Å². The summed E-state index contributed by atoms with van der Waals surface area (Å²) in [7, 11) is 1.57. The van der Waals surface area contributed by atoms with Crippen LogP contribution < -0.4 is 5.32 Å². The zero-order valence-corrected chi connectivity index (χ0v) is 11.1. The fraction of sp³-hybridized carbons (Fsp3) is 0.286. The molecule has 0 bridgehead atoms. The van der Waals surface area contributed by atoms with E-state index in [1.165, 1.54) is 24.3 Å². The van der Waals surface area contributed by atoms with Gasteiger partial charge >= 0.3 is 0 Å². The van der Waals surface area contributed by atoms with Gasteiger partial charge in [0.15, 0.2) is 11.5 Å². The molecule has 1 aromatic rings. The van der Waals surface area contributed by atoms with Crippen molar-refractivity contribution in [3.8, 4) is 17.6 Å². The molecule has 6 heteroatoms. The predicted octanol–water partition coefficient (Wildman–Crippen LogP) is 1.16. The Morgan fingerprint density at radius 2 is 2.20 bits per heavy atom. The maximum atomic E-state index is 11.7. The van der Waals surface area contributed by atoms with Gasteiger partial charge in [-0.05, 0) is 30.2 Å². The summed E-state index contributed by atoms with van der Waals surface area (Å²) >= 11 is 0. The first-order chi connectivity index (χ1) is 9.58. The van der Waals surface area contributed by atoms with Crippen LogP contribution in [-0.2, 0) is 9.53 Å². The van der Waals surface area contributed by atoms with Crippen LogP contribution in [0.2, 0.25) is 0 Å². The molecule has 0 heterocycles. The summed E-state index contributed by atoms with van der Waals surface area (Å²) in [5.74, 6) is -1.06. The number of phenolic OH excluding ortho intramolecular Hbond substituents is 2. The van der Waals surface area contributed by atoms with Gasteiger partial charge in [0.05, 0.1) is 0 Å². The monoisotopic (exact) mass is 276 g/mol. The van der Waals surface area contributed by atoms with E-state index in [-0.39, 0.29) is 17.1 Å². The molecular formula is C14H16N2O4. The number of carbonyl (C=O) groups excluding carboxylic acids is 1. The Hall–Kier alpha value is -2.52. The highest BCUT2D eigenvalue weighted by Gasteiger charge is 2.09. The number of nitrogens with one attached hydrogen (secondary N) is 1. The van der Waals surface area contributed by atoms with Crippen LogP contribution in [0.15, 0.2) is 23.8 Å². The number of hydrogen-bond acceptors (Lipinski definition) is 5. The first-order valence-corrected chi connectivity index (χ1v) is 5.99. The van der Waals surface area contributed by atoms with Gasteiger partial charge in [0.2, 0.25) is 0 Å². The van der Waals surface area contributed by atoms with Gasteiger partial charge in [-0.2, -0.15) is 5.26 Å². The van der Waals surface area contributed by atoms with E-state index < -0.39 is 5.91 Å². The van der Waals surface area contributed by atoms with Crippen molar-refractivity contribution in [1.29, 1.82) is 5.26 Å². The lowest BCUT2D eigenvalue weighted by atomic mass is 10.1. The van der Waals surface area contributed by atoms with E-state index in [2.05, 4.69) is 5.32 Å². The zero-order valence-electron chi connectivity index (χ0n) is 11.1. The van der Waals surface area contributed by atoms with Gasteiger partial charge in [0, 0.05) is 20.3 Å². The first-order valence-electron chi connectivity index (χ1n) is 5.99. The molecule has 6 nitrogen and oxygen atoms in total. The van der Waals surface area contributed by atoms with Crippen LogP contribution in [0.25, 0.3) is 6.08 Å². The number of amides is 1. The summed E-state index contributed by atoms with van der Waals surface area (Å²) in [5, 5.41) is 30.1. The second-order valence-corrected chi connectivity index (χ2v) is 4.02. The molecule has 20 heavy (non-hydrogen) atoms. The van der Waals surface area contributed by atoms with Crippen LogP contribution in [0.1, 0.15) is 12.0 Å². The second-order valence-electron chi connectivity index (χ2n) is 4.02. The van der Waals surface area contributed by atoms with Crippen molar-refractivity contribution in [1.82, 2.24) is 5.32 Å². The summed E-state index contributed by atoms with van der Waals surface area (Å²) in [6.45, 7) is 0.935. The number of phenols is 2. The molecule has 0 fully saturated rings. The third-order valence-electron chi connectivity index (χ3n) is 2.49. The number of ether oxygens (including phenoxy) is 1. The van der Waals surface area contributed by atoms with Gasteiger partial charge < -0.3 is 20.3 Å². The molecule has 0 unspecified atom stereocenters. The Bertz CT molecular complexity index is 547. The summed E-state index contributed by atoms with van der Waals surface area (Å²) in [5.41, 5.74) is 0.372. The Morgan fingerprint density at radius 1 is 1.45 bits per heavy atom. The molecule has 0 aliphatic rings. The number of benzene rings is 1. The van der Waals surface area contributed by atoms with E-state index >= 15 is 0 Å². The van der Waals surface area contributed by atoms with Crippen molar-refractivity contribution < 1.29 is 19.7 Å². The van der Waals surface area contributed by atoms with Crippen LogP contribution in [0, 0.1) is 11.3 Å². The zero-order chi connectivity index (χ0) is 15.0. The fourth-order valence-electron chi connectivity index (χ4n) is 1.46. The lowest BCUT2D eigenvalue weighted by Crippen LogP contribution is -2.26. The van der Waals surface area contributed by atoms with Crippen molar-refractivity contribution in [2.75, 3.05) is 20.3 Å². The minimum Gasteiger partial charge on any atom is -0.504 e. The third-order valence-corrected chi connectivity index (χ3v) is 2.49. The molecule has 1 aromatic carbocycles. The predicted molar refractivity (Wildman–Crippen MR) is 72.9 cm³/mol. The van der Waals surface area contributed by atoms with Gasteiger partial charge in [0.1, 0.15) is 11.6 Å². The largest absolute Gasteiger partial charge is 0.504 e. The molecule has 0 spiro atoms. The van der Waals surface area contributed by atoms with Crippen LogP contribution >= 0.6 is 0 Å². The van der Waals surface area contributed by atoms with E-state index in [9.17, 15) is 15.0 Å². The van der Waals surface area contributed by atoms with Crippen molar-refractivity contribution in [3.05, 3.63) is 29.3 Å². The molecule has 1 rings (SSSR count). The van der Waals surface area contributed by atoms with Gasteiger partial charge in [-0.25, -0.2) is 0 Å². The van der Waals surface area contributed by atoms with E-state index in [0.29, 0.717) is 25.1 Å². The highest BCUT2D eigenvalue weighted by atomic mass is 16.5. The average Bonchev–Trinajstić information content (AvgIpc) is 2.44. The standard InChI is InChI=1S/C14H16N2O4/c1-20-6-2-5-16-14(19)11(9-15)7-10-3-4-12(17)13(18)8-10/h3-4,7-8,17-18H,2,5-6H2,1H3,(H,16,19)/b11-7+. The van der Waals surface area contributed by atoms with Crippen LogP contribution in [-0.4, -0.2) is 36.4 Å². The number of nitriles is 1. The van der Waals surface area contributed by atoms with Gasteiger partial charge in [0.25, 0.3) is 5.91 Å². The van der Waals surface area contributed by atoms with E-state index in [1.54, 1.807) is 13.2 Å². The number of hydrogen-bond donors (Lipinski definition) is 3. The summed E-state index contributed by atoms with van der Waals surface area (Å²) in [6.07, 6.45) is 1.99. The van der Waals surface area contributed by atoms with Gasteiger partial charge in [-0.1, -0.05) is 6.07 Å². The molecule has 0 atom stereocenters. The van der Waals surface area contributed by atoms with Crippen molar-refractivity contribution in [2.45, 2.75) is 6.42 Å². The molecule has 0 radical (unpaired) electrons. The topological polar surface area (TPSA) is 103 Å². The summed E-state index contributed by atoms with van der Waals surface area (Å²) < 4.78 is 4.85. The minimum absolute atomic E-state index is 0.0764. The van der Waals surface area contributed by atoms with Crippen molar-refractivity contribution >= 4 is 12.0 Å². The molecule has 1 amide bonds. The Kier molecular flexibility index (Phi) is 6.07. The normalized spacial score (nSPS) is 10.9. The van der Waals surface area contributed by atoms with Crippen LogP contribution in [0.4, 0.5) is 0 Å². The number of nitrogens with zero attached hydrogens (tertiary/aromatic N) is 1. The van der Waals surface area contributed by atoms with E-state index in [4.69, 9.17) is 10.00 Å². The molecule has 0 saturated heterocycles. The van der Waals surface area contributed by atoms with Crippen LogP contribution in [0.5, 0.6) is 11.5 Å². The van der Waals surface area contributed by atoms with E-state index in [1.807, 2.05) is 0 Å². The average molecular weight is 276 g/mol. The maximum Gasteiger partial charge on any atom is 0.261 e. The lowest BCUT2D eigenvalue weighted by molar-refractivity contribution is -0.117. The smallest absolute Gasteiger partial charge is 0.261 e. The van der Waals surface area contributed by atoms with Crippen molar-refractivity contribution in [2.24, 2.45) is 0 Å². The second kappa shape index (κ2) is 7.81. The minimum atomic E-state index is -0.490. The number of rotatable bonds is 6. The molecule has 0 aliphatic heterocycles. The molecule has 106 valence electrons. The Morgan fingerprint density at radius 3 is 2.80 bits per heavy atom. The number of aromatic hydroxyl groups is 2. The lowest BCUT2D eigenvalue weighted by Gasteiger charge is -2.04. The third kappa shape index (κ3) is 4.63. The first kappa shape index (κ1) is 15.5. The summed E-state index contributed by atoms with van der Waals surface area (Å²) in [6, 6.07) is 5.84. The number of carbonyl (C=O) groups is 1. The fourth-order valence-corrected chi connectivity index (χ4v) is 1.46. The highest BCUT2D eigenvalue weighted by molar-refractivity contribution is 6.01. The molecule has 0 aromatic heterocycles. The Balaban J connectivity index is 2.74. The Labute approximate surface area is 116 Å². The molecular weight excluding hydrogens is 260 g/mol. The molecule has 0 saturated carbocycles. The van der Waals surface area contributed by atoms with E-state index in [0.717, 1.165) is 0 Å². The summed E-state index contributed by atoms with van der Waals surface area (Å²) in [4.78, 5) is 11.7. The quantitative estimate of drug-likeness (QED) is 0.313. The van der Waals surface area contributed by atoms with Crippen molar-refractivity contribution in [3.63, 3.8) is 0 Å². The number of methoxy groups -OCH3 is 1. The molecule has 3 N–H and O–H groups in total. The highest BCUT2D eigenvalue weighted by Crippen LogP contribution is 2.25. The van der Waals surface area contributed by atoms with Gasteiger partial charge in [-0.3, -0.25) is 4.79 Å². The van der Waals surface area contributed by atoms with Crippen LogP contribution in [0.3, 0.4) is 0 Å². The maximum absolute atomic E-state index is 11.7.